The lowest BCUT2D eigenvalue weighted by molar-refractivity contribution is -0.332. The number of carbonyl (C=O) groups is 2. The van der Waals surface area contributed by atoms with Crippen molar-refractivity contribution in [3.05, 3.63) is 12.2 Å². The number of aliphatic hydroxyl groups is 7. The monoisotopic (exact) mass is 905 g/mol. The standard InChI is InChI=1S/C48H88O15/c1-3-5-7-9-11-13-15-17-19-21-23-25-27-29-31-40(51)61-36(33-58-39(50)30-28-26-24-22-20-18-16-14-12-10-8-6-4-2)34-59-47-46(57)44(55)42(53)38(63-47)35-60-48-45(56)43(54)41(52)37(32-49)62-48/h14,16,36-38,41-49,52-57H,3-13,15,17-35H2,1-2H3/b16-14+/t36-,37-,38-,41+,42+,43?,44?,45?,46?,47-,48-/m1/s1. The molecule has 0 aromatic rings. The molecule has 2 aliphatic heterocycles. The number of allylic oxidation sites excluding steroid dienone is 2. The molecule has 0 aromatic carbocycles. The Morgan fingerprint density at radius 2 is 0.905 bits per heavy atom. The average molecular weight is 905 g/mol. The fourth-order valence-electron chi connectivity index (χ4n) is 7.86. The molecule has 2 heterocycles. The number of unbranched alkanes of at least 4 members (excludes halogenated alkanes) is 22. The van der Waals surface area contributed by atoms with Crippen molar-refractivity contribution in [3.8, 4) is 0 Å². The first-order chi connectivity index (χ1) is 30.5. The fraction of sp³-hybridized carbons (Fsp3) is 0.917. The number of carbonyl (C=O) groups excluding carboxylic acids is 2. The summed E-state index contributed by atoms with van der Waals surface area (Å²) in [6.07, 6.45) is 16.7. The number of hydrogen-bond donors (Lipinski definition) is 7. The largest absolute Gasteiger partial charge is 0.462 e. The van der Waals surface area contributed by atoms with E-state index in [1.54, 1.807) is 0 Å². The highest BCUT2D eigenvalue weighted by Gasteiger charge is 2.47. The van der Waals surface area contributed by atoms with Crippen LogP contribution in [0.3, 0.4) is 0 Å². The lowest BCUT2D eigenvalue weighted by Crippen LogP contribution is -2.61. The molecule has 15 nitrogen and oxygen atoms in total. The normalized spacial score (nSPS) is 26.9. The number of ether oxygens (including phenoxy) is 6. The third-order valence-electron chi connectivity index (χ3n) is 12.0. The van der Waals surface area contributed by atoms with Crippen molar-refractivity contribution in [1.82, 2.24) is 0 Å². The molecule has 370 valence electrons. The van der Waals surface area contributed by atoms with E-state index in [1.165, 1.54) is 89.9 Å². The van der Waals surface area contributed by atoms with Crippen LogP contribution in [0.1, 0.15) is 187 Å². The van der Waals surface area contributed by atoms with E-state index in [0.717, 1.165) is 57.8 Å². The van der Waals surface area contributed by atoms with Gasteiger partial charge in [0.2, 0.25) is 0 Å². The van der Waals surface area contributed by atoms with E-state index in [0.29, 0.717) is 12.8 Å². The second-order valence-corrected chi connectivity index (χ2v) is 17.6. The van der Waals surface area contributed by atoms with Crippen molar-refractivity contribution in [2.75, 3.05) is 26.4 Å². The molecule has 0 bridgehead atoms. The summed E-state index contributed by atoms with van der Waals surface area (Å²) in [5.41, 5.74) is 0. The van der Waals surface area contributed by atoms with Crippen molar-refractivity contribution < 1.29 is 73.8 Å². The van der Waals surface area contributed by atoms with E-state index in [9.17, 15) is 45.3 Å². The number of aliphatic hydroxyl groups excluding tert-OH is 7. The highest BCUT2D eigenvalue weighted by molar-refractivity contribution is 5.70. The second kappa shape index (κ2) is 36.4. The highest BCUT2D eigenvalue weighted by atomic mass is 16.7. The van der Waals surface area contributed by atoms with Crippen LogP contribution in [0, 0.1) is 0 Å². The second-order valence-electron chi connectivity index (χ2n) is 17.6. The van der Waals surface area contributed by atoms with E-state index < -0.39 is 92.7 Å². The highest BCUT2D eigenvalue weighted by Crippen LogP contribution is 2.26. The zero-order chi connectivity index (χ0) is 46.1. The first kappa shape index (κ1) is 57.4. The number of esters is 2. The predicted molar refractivity (Wildman–Crippen MR) is 238 cm³/mol. The summed E-state index contributed by atoms with van der Waals surface area (Å²) in [5, 5.41) is 72.0. The molecule has 0 spiro atoms. The van der Waals surface area contributed by atoms with Crippen molar-refractivity contribution in [2.24, 2.45) is 0 Å². The molecule has 2 rings (SSSR count). The summed E-state index contributed by atoms with van der Waals surface area (Å²) in [4.78, 5) is 25.7. The van der Waals surface area contributed by atoms with Gasteiger partial charge < -0.3 is 64.2 Å². The van der Waals surface area contributed by atoms with Gasteiger partial charge in [0, 0.05) is 12.8 Å². The van der Waals surface area contributed by atoms with Gasteiger partial charge in [-0.15, -0.1) is 0 Å². The summed E-state index contributed by atoms with van der Waals surface area (Å²) in [6, 6.07) is 0. The molecule has 0 saturated carbocycles. The maximum atomic E-state index is 13.0. The van der Waals surface area contributed by atoms with Gasteiger partial charge >= 0.3 is 11.9 Å². The van der Waals surface area contributed by atoms with Crippen molar-refractivity contribution in [2.45, 2.75) is 255 Å². The molecule has 0 radical (unpaired) electrons. The van der Waals surface area contributed by atoms with Crippen LogP contribution >= 0.6 is 0 Å². The Balaban J connectivity index is 1.83. The van der Waals surface area contributed by atoms with Crippen LogP contribution in [0.4, 0.5) is 0 Å². The molecule has 2 aliphatic rings. The summed E-state index contributed by atoms with van der Waals surface area (Å²) in [5.74, 6) is -0.928. The first-order valence-electron chi connectivity index (χ1n) is 24.8. The predicted octanol–water partition coefficient (Wildman–Crippen LogP) is 6.21. The zero-order valence-electron chi connectivity index (χ0n) is 38.8. The summed E-state index contributed by atoms with van der Waals surface area (Å²) >= 11 is 0. The van der Waals surface area contributed by atoms with Gasteiger partial charge in [-0.25, -0.2) is 0 Å². The maximum Gasteiger partial charge on any atom is 0.306 e. The molecule has 7 N–H and O–H groups in total. The molecular weight excluding hydrogens is 817 g/mol. The van der Waals surface area contributed by atoms with Crippen LogP contribution in [-0.4, -0.2) is 142 Å². The van der Waals surface area contributed by atoms with Crippen LogP contribution in [0.15, 0.2) is 12.2 Å². The van der Waals surface area contributed by atoms with Crippen LogP contribution in [0.25, 0.3) is 0 Å². The average Bonchev–Trinajstić information content (AvgIpc) is 3.28. The lowest BCUT2D eigenvalue weighted by atomic mass is 9.98. The van der Waals surface area contributed by atoms with Gasteiger partial charge in [0.25, 0.3) is 0 Å². The molecule has 63 heavy (non-hydrogen) atoms. The minimum absolute atomic E-state index is 0.169. The molecule has 0 amide bonds. The SMILES string of the molecule is CCCCCC/C=C/CCCCCCCC(=O)OC[C@H](CO[C@@H]1O[C@H](CO[C@@H]2O[C@H](CO)[C@H](O)C(O)C2O)[C@H](O)C(O)C1O)OC(=O)CCCCCCCCCCCCCCCC. The van der Waals surface area contributed by atoms with E-state index in [2.05, 4.69) is 26.0 Å². The Hall–Kier alpha value is -1.76. The molecule has 15 heteroatoms. The van der Waals surface area contributed by atoms with Crippen molar-refractivity contribution >= 4 is 11.9 Å². The molecule has 11 atom stereocenters. The Morgan fingerprint density at radius 1 is 0.492 bits per heavy atom. The minimum atomic E-state index is -1.76. The summed E-state index contributed by atoms with van der Waals surface area (Å²) in [7, 11) is 0. The van der Waals surface area contributed by atoms with Crippen LogP contribution in [-0.2, 0) is 38.0 Å². The smallest absolute Gasteiger partial charge is 0.306 e. The molecule has 2 saturated heterocycles. The van der Waals surface area contributed by atoms with Crippen LogP contribution < -0.4 is 0 Å². The Labute approximate surface area is 378 Å². The minimum Gasteiger partial charge on any atom is -0.462 e. The quantitative estimate of drug-likeness (QED) is 0.0208. The molecular formula is C48H88O15. The van der Waals surface area contributed by atoms with Crippen LogP contribution in [0.2, 0.25) is 0 Å². The van der Waals surface area contributed by atoms with E-state index in [-0.39, 0.29) is 26.1 Å². The van der Waals surface area contributed by atoms with E-state index >= 15 is 0 Å². The lowest BCUT2D eigenvalue weighted by Gasteiger charge is -2.42. The molecule has 0 aromatic heterocycles. The van der Waals surface area contributed by atoms with Gasteiger partial charge in [0.1, 0.15) is 55.4 Å². The fourth-order valence-corrected chi connectivity index (χ4v) is 7.86. The van der Waals surface area contributed by atoms with Gasteiger partial charge in [-0.3, -0.25) is 9.59 Å². The Morgan fingerprint density at radius 3 is 1.41 bits per heavy atom. The third kappa shape index (κ3) is 25.1. The summed E-state index contributed by atoms with van der Waals surface area (Å²) < 4.78 is 33.5. The Bertz CT molecular complexity index is 1160. The zero-order valence-corrected chi connectivity index (χ0v) is 38.8. The van der Waals surface area contributed by atoms with Gasteiger partial charge in [0.15, 0.2) is 18.7 Å². The van der Waals surface area contributed by atoms with Crippen molar-refractivity contribution in [1.29, 1.82) is 0 Å². The van der Waals surface area contributed by atoms with E-state index in [4.69, 9.17) is 28.4 Å². The molecule has 4 unspecified atom stereocenters. The number of rotatable bonds is 38. The van der Waals surface area contributed by atoms with Crippen LogP contribution in [0.5, 0.6) is 0 Å². The first-order valence-corrected chi connectivity index (χ1v) is 24.8. The number of hydrogen-bond acceptors (Lipinski definition) is 15. The van der Waals surface area contributed by atoms with E-state index in [1.807, 2.05) is 0 Å². The van der Waals surface area contributed by atoms with Gasteiger partial charge in [0.05, 0.1) is 19.8 Å². The van der Waals surface area contributed by atoms with Gasteiger partial charge in [-0.1, -0.05) is 148 Å². The molecule has 0 aliphatic carbocycles. The third-order valence-corrected chi connectivity index (χ3v) is 12.0. The molecule has 2 fully saturated rings. The van der Waals surface area contributed by atoms with Gasteiger partial charge in [-0.2, -0.15) is 0 Å². The maximum absolute atomic E-state index is 13.0. The summed E-state index contributed by atoms with van der Waals surface area (Å²) in [6.45, 7) is 2.57. The topological polar surface area (TPSA) is 231 Å². The Kier molecular flexibility index (Phi) is 33.1. The van der Waals surface area contributed by atoms with Gasteiger partial charge in [-0.05, 0) is 38.5 Å². The van der Waals surface area contributed by atoms with Crippen molar-refractivity contribution in [3.63, 3.8) is 0 Å².